The van der Waals surface area contributed by atoms with Crippen molar-refractivity contribution in [3.05, 3.63) is 25.3 Å². The van der Waals surface area contributed by atoms with Crippen LogP contribution in [0.2, 0.25) is 0 Å². The van der Waals surface area contributed by atoms with Crippen LogP contribution in [0.15, 0.2) is 25.3 Å². The summed E-state index contributed by atoms with van der Waals surface area (Å²) in [7, 11) is 0. The highest BCUT2D eigenvalue weighted by Gasteiger charge is 2.34. The van der Waals surface area contributed by atoms with Crippen molar-refractivity contribution in [1.29, 1.82) is 0 Å². The lowest BCUT2D eigenvalue weighted by molar-refractivity contribution is -0.148. The number of nitrogens with one attached hydrogen (secondary N) is 1. The molecule has 1 rings (SSSR count). The van der Waals surface area contributed by atoms with E-state index in [9.17, 15) is 14.4 Å². The Morgan fingerprint density at radius 2 is 2.07 bits per heavy atom. The van der Waals surface area contributed by atoms with Gasteiger partial charge in [-0.2, -0.15) is 0 Å². The van der Waals surface area contributed by atoms with Gasteiger partial charge in [0.2, 0.25) is 11.8 Å². The van der Waals surface area contributed by atoms with E-state index in [-0.39, 0.29) is 49.5 Å². The van der Waals surface area contributed by atoms with Gasteiger partial charge in [-0.25, -0.2) is 0 Å². The molecule has 158 valence electrons. The molecule has 0 unspecified atom stereocenters. The van der Waals surface area contributed by atoms with E-state index in [0.717, 1.165) is 19.3 Å². The number of esters is 1. The molecule has 0 aliphatic carbocycles. The number of unbranched alkanes of at least 4 members (excludes halogenated alkanes) is 1. The summed E-state index contributed by atoms with van der Waals surface area (Å²) in [4.78, 5) is 38.7. The maximum atomic E-state index is 13.0. The smallest absolute Gasteiger partial charge is 0.305 e. The van der Waals surface area contributed by atoms with Crippen LogP contribution in [-0.4, -0.2) is 59.6 Å². The van der Waals surface area contributed by atoms with Gasteiger partial charge in [-0.1, -0.05) is 12.2 Å². The van der Waals surface area contributed by atoms with Crippen LogP contribution in [0.4, 0.5) is 0 Å². The molecule has 7 nitrogen and oxygen atoms in total. The summed E-state index contributed by atoms with van der Waals surface area (Å²) in [6, 6.07) is -0.505. The second-order valence-corrected chi connectivity index (χ2v) is 7.27. The van der Waals surface area contributed by atoms with Crippen molar-refractivity contribution in [3.63, 3.8) is 0 Å². The van der Waals surface area contributed by atoms with Gasteiger partial charge in [-0.3, -0.25) is 14.4 Å². The van der Waals surface area contributed by atoms with Gasteiger partial charge >= 0.3 is 5.97 Å². The highest BCUT2D eigenvalue weighted by molar-refractivity contribution is 5.86. The molecule has 3 atom stereocenters. The van der Waals surface area contributed by atoms with Crippen molar-refractivity contribution in [2.45, 2.75) is 64.0 Å². The molecule has 0 radical (unpaired) electrons. The minimum absolute atomic E-state index is 0.0414. The van der Waals surface area contributed by atoms with Crippen molar-refractivity contribution >= 4 is 17.8 Å². The number of rotatable bonds is 13. The maximum absolute atomic E-state index is 13.0. The normalized spacial score (nSPS) is 18.2. The van der Waals surface area contributed by atoms with Crippen LogP contribution in [0.25, 0.3) is 0 Å². The minimum Gasteiger partial charge on any atom is -0.463 e. The lowest BCUT2D eigenvalue weighted by Gasteiger charge is -2.28. The van der Waals surface area contributed by atoms with Crippen LogP contribution in [0.1, 0.15) is 51.9 Å². The Labute approximate surface area is 167 Å². The van der Waals surface area contributed by atoms with Gasteiger partial charge in [-0.05, 0) is 39.0 Å². The van der Waals surface area contributed by atoms with Crippen LogP contribution in [0.5, 0.6) is 0 Å². The zero-order chi connectivity index (χ0) is 20.9. The summed E-state index contributed by atoms with van der Waals surface area (Å²) in [5.41, 5.74) is 0. The first-order valence-electron chi connectivity index (χ1n) is 10.0. The van der Waals surface area contributed by atoms with Crippen molar-refractivity contribution in [1.82, 2.24) is 10.2 Å². The predicted octanol–water partition coefficient (Wildman–Crippen LogP) is 1.96. The van der Waals surface area contributed by atoms with E-state index >= 15 is 0 Å². The molecule has 28 heavy (non-hydrogen) atoms. The number of aliphatic hydroxyl groups excluding tert-OH is 1. The van der Waals surface area contributed by atoms with E-state index in [1.54, 1.807) is 24.0 Å². The fourth-order valence-electron chi connectivity index (χ4n) is 3.26. The number of aliphatic hydroxyl groups is 1. The average Bonchev–Trinajstić information content (AvgIpc) is 3.14. The van der Waals surface area contributed by atoms with E-state index in [2.05, 4.69) is 18.5 Å². The van der Waals surface area contributed by atoms with Crippen LogP contribution in [0, 0.1) is 5.92 Å². The monoisotopic (exact) mass is 394 g/mol. The Morgan fingerprint density at radius 3 is 2.71 bits per heavy atom. The summed E-state index contributed by atoms with van der Waals surface area (Å²) < 4.78 is 5.35. The largest absolute Gasteiger partial charge is 0.463 e. The third kappa shape index (κ3) is 8.25. The molecule has 1 aliphatic rings. The predicted molar refractivity (Wildman–Crippen MR) is 107 cm³/mol. The molecule has 1 fully saturated rings. The van der Waals surface area contributed by atoms with Crippen LogP contribution < -0.4 is 5.32 Å². The highest BCUT2D eigenvalue weighted by Crippen LogP contribution is 2.23. The molecule has 2 amide bonds. The van der Waals surface area contributed by atoms with E-state index in [1.807, 2.05) is 0 Å². The van der Waals surface area contributed by atoms with Gasteiger partial charge in [-0.15, -0.1) is 13.2 Å². The van der Waals surface area contributed by atoms with Crippen LogP contribution >= 0.6 is 0 Å². The van der Waals surface area contributed by atoms with E-state index in [4.69, 9.17) is 9.84 Å². The third-order valence-electron chi connectivity index (χ3n) is 4.80. The first-order valence-corrected chi connectivity index (χ1v) is 10.0. The number of hydrogen-bond donors (Lipinski definition) is 2. The molecule has 0 aromatic heterocycles. The number of nitrogens with zero attached hydrogens (tertiary/aromatic N) is 1. The summed E-state index contributed by atoms with van der Waals surface area (Å²) in [6.45, 7) is 9.64. The molecule has 0 aromatic carbocycles. The number of likely N-dealkylation sites (tertiary alicyclic amines) is 1. The highest BCUT2D eigenvalue weighted by atomic mass is 16.5. The van der Waals surface area contributed by atoms with Gasteiger partial charge in [0.15, 0.2) is 0 Å². The van der Waals surface area contributed by atoms with Crippen molar-refractivity contribution in [2.24, 2.45) is 5.92 Å². The van der Waals surface area contributed by atoms with Gasteiger partial charge in [0.25, 0.3) is 0 Å². The number of carbonyl (C=O) groups is 3. The summed E-state index contributed by atoms with van der Waals surface area (Å²) >= 11 is 0. The third-order valence-corrected chi connectivity index (χ3v) is 4.80. The topological polar surface area (TPSA) is 95.9 Å². The standard InChI is InChI=1S/C21H34N2O5/c1-4-6-7-11-20(26)28-15-18-10-8-12-23(18)21(27)17(9-5-2)13-19(25)22-16(3)14-24/h4-5,16-18,24H,1-2,6-15H2,3H3,(H,22,25)/t16-,17-,18+/m1/s1. The van der Waals surface area contributed by atoms with Gasteiger partial charge in [0.05, 0.1) is 18.6 Å². The Morgan fingerprint density at radius 1 is 1.32 bits per heavy atom. The van der Waals surface area contributed by atoms with Gasteiger partial charge < -0.3 is 20.1 Å². The molecule has 1 aliphatic heterocycles. The number of amides is 2. The number of hydrogen-bond acceptors (Lipinski definition) is 5. The molecule has 0 saturated carbocycles. The maximum Gasteiger partial charge on any atom is 0.305 e. The molecule has 0 spiro atoms. The van der Waals surface area contributed by atoms with E-state index < -0.39 is 5.92 Å². The van der Waals surface area contributed by atoms with E-state index in [1.165, 1.54) is 0 Å². The molecule has 1 heterocycles. The number of ether oxygens (including phenoxy) is 1. The molecule has 7 heteroatoms. The SMILES string of the molecule is C=CCCCC(=O)OC[C@@H]1CCCN1C(=O)[C@H](CC=C)CC(=O)N[C@H](C)CO. The molecule has 0 bridgehead atoms. The number of carbonyl (C=O) groups excluding carboxylic acids is 3. The molecule has 1 saturated heterocycles. The molecule has 0 aromatic rings. The van der Waals surface area contributed by atoms with Gasteiger partial charge in [0.1, 0.15) is 6.61 Å². The molecular formula is C21H34N2O5. The summed E-state index contributed by atoms with van der Waals surface area (Å²) in [6.07, 6.45) is 7.28. The summed E-state index contributed by atoms with van der Waals surface area (Å²) in [5, 5.41) is 11.7. The van der Waals surface area contributed by atoms with Crippen LogP contribution in [0.3, 0.4) is 0 Å². The Bertz CT molecular complexity index is 549. The van der Waals surface area contributed by atoms with Crippen LogP contribution in [-0.2, 0) is 19.1 Å². The summed E-state index contributed by atoms with van der Waals surface area (Å²) in [5.74, 6) is -1.16. The minimum atomic E-state index is -0.507. The Balaban J connectivity index is 2.61. The number of allylic oxidation sites excluding steroid dienone is 2. The van der Waals surface area contributed by atoms with Crippen molar-refractivity contribution in [2.75, 3.05) is 19.8 Å². The van der Waals surface area contributed by atoms with Crippen molar-refractivity contribution in [3.8, 4) is 0 Å². The second-order valence-electron chi connectivity index (χ2n) is 7.27. The average molecular weight is 395 g/mol. The second kappa shape index (κ2) is 13.1. The quantitative estimate of drug-likeness (QED) is 0.283. The Kier molecular flexibility index (Phi) is 11.2. The zero-order valence-corrected chi connectivity index (χ0v) is 16.9. The molecule has 2 N–H and O–H groups in total. The lowest BCUT2D eigenvalue weighted by atomic mass is 9.98. The lowest BCUT2D eigenvalue weighted by Crippen LogP contribution is -2.44. The fourth-order valence-corrected chi connectivity index (χ4v) is 3.26. The van der Waals surface area contributed by atoms with Crippen molar-refractivity contribution < 1.29 is 24.2 Å². The van der Waals surface area contributed by atoms with Gasteiger partial charge in [0, 0.05) is 25.4 Å². The fraction of sp³-hybridized carbons (Fsp3) is 0.667. The molecular weight excluding hydrogens is 360 g/mol. The first kappa shape index (κ1) is 23.9. The Hall–Kier alpha value is -2.15. The zero-order valence-electron chi connectivity index (χ0n) is 16.9. The van der Waals surface area contributed by atoms with E-state index in [0.29, 0.717) is 25.8 Å². The first-order chi connectivity index (χ1) is 13.4.